The Bertz CT molecular complexity index is 1450. The van der Waals surface area contributed by atoms with Crippen LogP contribution in [-0.4, -0.2) is 64.8 Å². The number of likely N-dealkylation sites (tertiary alicyclic amines) is 1. The standard InChI is InChI=1S/C34H42N4O3/c1-27-7-3-4-9-30(27)25-38(17-6-22-40-32-11-12-33-29(23-32)10-13-34(39)36(33)2)21-20-37-18-14-31(15-19-37)41-26-28-8-5-16-35-24-28/h3-5,7-13,16,23-24,31H,6,14-15,17-22,25-26H2,1-2H3. The van der Waals surface area contributed by atoms with Crippen LogP contribution >= 0.6 is 0 Å². The van der Waals surface area contributed by atoms with Crippen LogP contribution in [-0.2, 0) is 24.9 Å². The van der Waals surface area contributed by atoms with Crippen LogP contribution < -0.4 is 10.3 Å². The van der Waals surface area contributed by atoms with Gasteiger partial charge in [-0.05, 0) is 73.2 Å². The molecule has 0 bridgehead atoms. The lowest BCUT2D eigenvalue weighted by Gasteiger charge is -2.33. The number of rotatable bonds is 13. The summed E-state index contributed by atoms with van der Waals surface area (Å²) in [5, 5.41) is 1.01. The first kappa shape index (κ1) is 29.0. The van der Waals surface area contributed by atoms with Gasteiger partial charge in [-0.3, -0.25) is 14.7 Å². The monoisotopic (exact) mass is 554 g/mol. The molecule has 3 heterocycles. The van der Waals surface area contributed by atoms with E-state index in [9.17, 15) is 4.79 Å². The Morgan fingerprint density at radius 1 is 1.00 bits per heavy atom. The van der Waals surface area contributed by atoms with Crippen LogP contribution in [0.5, 0.6) is 5.75 Å². The fourth-order valence-corrected chi connectivity index (χ4v) is 5.51. The van der Waals surface area contributed by atoms with E-state index in [-0.39, 0.29) is 5.56 Å². The Hall–Kier alpha value is -3.52. The summed E-state index contributed by atoms with van der Waals surface area (Å²) in [5.74, 6) is 0.843. The number of aryl methyl sites for hydroxylation is 2. The van der Waals surface area contributed by atoms with Crippen molar-refractivity contribution in [3.63, 3.8) is 0 Å². The number of hydrogen-bond acceptors (Lipinski definition) is 6. The van der Waals surface area contributed by atoms with Gasteiger partial charge in [-0.1, -0.05) is 30.3 Å². The highest BCUT2D eigenvalue weighted by molar-refractivity contribution is 5.80. The summed E-state index contributed by atoms with van der Waals surface area (Å²) in [6.45, 7) is 9.65. The molecule has 0 spiro atoms. The molecule has 4 aromatic rings. The summed E-state index contributed by atoms with van der Waals surface area (Å²) in [4.78, 5) is 21.2. The maximum absolute atomic E-state index is 11.9. The summed E-state index contributed by atoms with van der Waals surface area (Å²) in [5.41, 5.74) is 4.78. The van der Waals surface area contributed by atoms with E-state index >= 15 is 0 Å². The second-order valence-corrected chi connectivity index (χ2v) is 11.1. The van der Waals surface area contributed by atoms with E-state index in [2.05, 4.69) is 52.0 Å². The van der Waals surface area contributed by atoms with Gasteiger partial charge in [0.1, 0.15) is 5.75 Å². The van der Waals surface area contributed by atoms with Gasteiger partial charge in [0, 0.05) is 70.2 Å². The summed E-state index contributed by atoms with van der Waals surface area (Å²) in [7, 11) is 1.80. The molecule has 0 N–H and O–H groups in total. The molecule has 1 saturated heterocycles. The largest absolute Gasteiger partial charge is 0.494 e. The number of ether oxygens (including phenoxy) is 2. The maximum Gasteiger partial charge on any atom is 0.250 e. The summed E-state index contributed by atoms with van der Waals surface area (Å²) < 4.78 is 14.0. The molecule has 7 nitrogen and oxygen atoms in total. The second-order valence-electron chi connectivity index (χ2n) is 11.1. The number of pyridine rings is 2. The quantitative estimate of drug-likeness (QED) is 0.212. The summed E-state index contributed by atoms with van der Waals surface area (Å²) in [6.07, 6.45) is 7.11. The van der Waals surface area contributed by atoms with Crippen LogP contribution in [0, 0.1) is 6.92 Å². The molecular formula is C34H42N4O3. The number of nitrogens with zero attached hydrogens (tertiary/aromatic N) is 4. The fraction of sp³-hybridized carbons (Fsp3) is 0.412. The van der Waals surface area contributed by atoms with E-state index < -0.39 is 0 Å². The van der Waals surface area contributed by atoms with Crippen LogP contribution in [0.4, 0.5) is 0 Å². The molecule has 1 fully saturated rings. The molecule has 5 rings (SSSR count). The van der Waals surface area contributed by atoms with Crippen molar-refractivity contribution < 1.29 is 9.47 Å². The Balaban J connectivity index is 1.10. The first-order valence-electron chi connectivity index (χ1n) is 14.8. The Kier molecular flexibility index (Phi) is 10.2. The third kappa shape index (κ3) is 8.26. The fourth-order valence-electron chi connectivity index (χ4n) is 5.51. The highest BCUT2D eigenvalue weighted by Crippen LogP contribution is 2.20. The van der Waals surface area contributed by atoms with Crippen LogP contribution in [0.3, 0.4) is 0 Å². The molecule has 0 unspecified atom stereocenters. The average Bonchev–Trinajstić information content (AvgIpc) is 3.01. The summed E-state index contributed by atoms with van der Waals surface area (Å²) in [6, 6.07) is 22.1. The number of benzene rings is 2. The van der Waals surface area contributed by atoms with E-state index in [4.69, 9.17) is 9.47 Å². The Labute approximate surface area is 243 Å². The van der Waals surface area contributed by atoms with Crippen molar-refractivity contribution in [1.29, 1.82) is 0 Å². The lowest BCUT2D eigenvalue weighted by atomic mass is 10.1. The van der Waals surface area contributed by atoms with Crippen LogP contribution in [0.25, 0.3) is 10.9 Å². The predicted octanol–water partition coefficient (Wildman–Crippen LogP) is 5.19. The van der Waals surface area contributed by atoms with Crippen molar-refractivity contribution in [1.82, 2.24) is 19.4 Å². The Morgan fingerprint density at radius 2 is 1.85 bits per heavy atom. The molecule has 0 radical (unpaired) electrons. The Morgan fingerprint density at radius 3 is 2.66 bits per heavy atom. The van der Waals surface area contributed by atoms with Crippen LogP contribution in [0.2, 0.25) is 0 Å². The highest BCUT2D eigenvalue weighted by Gasteiger charge is 2.20. The lowest BCUT2D eigenvalue weighted by Crippen LogP contribution is -2.41. The van der Waals surface area contributed by atoms with E-state index in [1.54, 1.807) is 23.9 Å². The predicted molar refractivity (Wildman–Crippen MR) is 164 cm³/mol. The van der Waals surface area contributed by atoms with Crippen molar-refractivity contribution in [3.8, 4) is 5.75 Å². The SMILES string of the molecule is Cc1ccccc1CN(CCCOc1ccc2c(ccc(=O)n2C)c1)CCN1CCC(OCc2cccnc2)CC1. The molecule has 0 atom stereocenters. The number of hydrogen-bond donors (Lipinski definition) is 0. The first-order chi connectivity index (χ1) is 20.0. The molecule has 1 aliphatic heterocycles. The first-order valence-corrected chi connectivity index (χ1v) is 14.8. The molecule has 2 aromatic heterocycles. The topological polar surface area (TPSA) is 59.8 Å². The summed E-state index contributed by atoms with van der Waals surface area (Å²) >= 11 is 0. The van der Waals surface area contributed by atoms with Gasteiger partial charge < -0.3 is 18.9 Å². The van der Waals surface area contributed by atoms with Gasteiger partial charge in [-0.15, -0.1) is 0 Å². The van der Waals surface area contributed by atoms with Gasteiger partial charge in [0.25, 0.3) is 5.56 Å². The molecule has 2 aromatic carbocycles. The zero-order valence-corrected chi connectivity index (χ0v) is 24.4. The molecular weight excluding hydrogens is 512 g/mol. The van der Waals surface area contributed by atoms with Gasteiger partial charge in [0.05, 0.1) is 24.8 Å². The van der Waals surface area contributed by atoms with Crippen molar-refractivity contribution >= 4 is 10.9 Å². The minimum atomic E-state index is -0.00144. The average molecular weight is 555 g/mol. The van der Waals surface area contributed by atoms with Crippen molar-refractivity contribution in [2.24, 2.45) is 7.05 Å². The van der Waals surface area contributed by atoms with Gasteiger partial charge in [-0.2, -0.15) is 0 Å². The molecule has 0 saturated carbocycles. The molecule has 216 valence electrons. The highest BCUT2D eigenvalue weighted by atomic mass is 16.5. The molecule has 1 aliphatic rings. The molecule has 7 heteroatoms. The smallest absolute Gasteiger partial charge is 0.250 e. The zero-order chi connectivity index (χ0) is 28.4. The van der Waals surface area contributed by atoms with E-state index in [1.165, 1.54) is 11.1 Å². The van der Waals surface area contributed by atoms with Gasteiger partial charge in [0.2, 0.25) is 0 Å². The van der Waals surface area contributed by atoms with Crippen molar-refractivity contribution in [2.75, 3.05) is 39.3 Å². The normalized spacial score (nSPS) is 14.6. The zero-order valence-electron chi connectivity index (χ0n) is 24.4. The van der Waals surface area contributed by atoms with E-state index in [1.807, 2.05) is 36.5 Å². The second kappa shape index (κ2) is 14.4. The van der Waals surface area contributed by atoms with Gasteiger partial charge >= 0.3 is 0 Å². The minimum Gasteiger partial charge on any atom is -0.494 e. The third-order valence-corrected chi connectivity index (χ3v) is 8.11. The molecule has 41 heavy (non-hydrogen) atoms. The van der Waals surface area contributed by atoms with Gasteiger partial charge in [0.15, 0.2) is 0 Å². The van der Waals surface area contributed by atoms with Crippen molar-refractivity contribution in [2.45, 2.75) is 45.4 Å². The van der Waals surface area contributed by atoms with E-state index in [0.717, 1.165) is 80.7 Å². The number of aromatic nitrogens is 2. The van der Waals surface area contributed by atoms with Crippen LogP contribution in [0.15, 0.2) is 83.9 Å². The van der Waals surface area contributed by atoms with Gasteiger partial charge in [-0.25, -0.2) is 0 Å². The van der Waals surface area contributed by atoms with Crippen molar-refractivity contribution in [3.05, 3.63) is 106 Å². The minimum absolute atomic E-state index is 0.00144. The number of fused-ring (bicyclic) bond motifs is 1. The van der Waals surface area contributed by atoms with E-state index in [0.29, 0.717) is 19.3 Å². The lowest BCUT2D eigenvalue weighted by molar-refractivity contribution is -0.00407. The third-order valence-electron chi connectivity index (χ3n) is 8.11. The number of piperidine rings is 1. The van der Waals surface area contributed by atoms with Crippen LogP contribution in [0.1, 0.15) is 36.0 Å². The molecule has 0 aliphatic carbocycles. The molecule has 0 amide bonds. The maximum atomic E-state index is 11.9.